The topological polar surface area (TPSA) is 95.6 Å². The van der Waals surface area contributed by atoms with Gasteiger partial charge in [0.1, 0.15) is 6.04 Å². The van der Waals surface area contributed by atoms with Gasteiger partial charge in [-0.3, -0.25) is 24.1 Å². The van der Waals surface area contributed by atoms with Gasteiger partial charge in [0.25, 0.3) is 11.1 Å². The van der Waals surface area contributed by atoms with E-state index in [4.69, 9.17) is 0 Å². The Hall–Kier alpha value is -3.39. The molecule has 3 rings (SSSR count). The number of benzene rings is 2. The van der Waals surface area contributed by atoms with Crippen molar-refractivity contribution in [1.29, 1.82) is 0 Å². The molecular weight excluding hydrogens is 450 g/mol. The molecule has 0 aromatic heterocycles. The van der Waals surface area contributed by atoms with Crippen molar-refractivity contribution in [3.63, 3.8) is 0 Å². The molecule has 1 aliphatic heterocycles. The smallest absolute Gasteiger partial charge is 0.293 e. The van der Waals surface area contributed by atoms with E-state index in [0.29, 0.717) is 4.91 Å². The summed E-state index contributed by atoms with van der Waals surface area (Å²) in [5.41, 5.74) is 2.81. The quantitative estimate of drug-likeness (QED) is 0.537. The molecule has 1 heterocycles. The molecule has 7 nitrogen and oxygen atoms in total. The molecule has 1 saturated heterocycles. The number of hydrogen-bond donors (Lipinski definition) is 2. The largest absolute Gasteiger partial charge is 0.353 e. The van der Waals surface area contributed by atoms with E-state index in [-0.39, 0.29) is 48.4 Å². The Morgan fingerprint density at radius 2 is 1.71 bits per heavy atom. The van der Waals surface area contributed by atoms with Crippen LogP contribution >= 0.6 is 11.8 Å². The first-order valence-corrected chi connectivity index (χ1v) is 12.0. The first-order valence-electron chi connectivity index (χ1n) is 11.2. The lowest BCUT2D eigenvalue weighted by Crippen LogP contribution is -2.51. The van der Waals surface area contributed by atoms with Gasteiger partial charge in [0.15, 0.2) is 0 Å². The maximum Gasteiger partial charge on any atom is 0.293 e. The number of thioether (sulfide) groups is 1. The van der Waals surface area contributed by atoms with Crippen molar-refractivity contribution in [1.82, 2.24) is 15.5 Å². The summed E-state index contributed by atoms with van der Waals surface area (Å²) in [6, 6.07) is 16.2. The number of aryl methyl sites for hydroxylation is 1. The van der Waals surface area contributed by atoms with Gasteiger partial charge >= 0.3 is 0 Å². The molecule has 0 radical (unpaired) electrons. The molecule has 0 unspecified atom stereocenters. The molecule has 4 amide bonds. The Morgan fingerprint density at radius 1 is 1.03 bits per heavy atom. The molecule has 0 aliphatic carbocycles. The number of amides is 4. The number of rotatable bonds is 9. The molecule has 34 heavy (non-hydrogen) atoms. The summed E-state index contributed by atoms with van der Waals surface area (Å²) in [7, 11) is 0. The van der Waals surface area contributed by atoms with Crippen LogP contribution in [0.2, 0.25) is 0 Å². The monoisotopic (exact) mass is 479 g/mol. The first kappa shape index (κ1) is 25.2. The molecular formula is C26H29N3O4S. The summed E-state index contributed by atoms with van der Waals surface area (Å²) in [4.78, 5) is 51.6. The van der Waals surface area contributed by atoms with Gasteiger partial charge in [-0.05, 0) is 41.8 Å². The molecule has 178 valence electrons. The summed E-state index contributed by atoms with van der Waals surface area (Å²) in [6.07, 6.45) is 1.88. The van der Waals surface area contributed by atoms with Crippen molar-refractivity contribution in [2.24, 2.45) is 5.92 Å². The van der Waals surface area contributed by atoms with Crippen molar-refractivity contribution in [3.05, 3.63) is 76.2 Å². The third-order valence-electron chi connectivity index (χ3n) is 5.36. The van der Waals surface area contributed by atoms with Crippen LogP contribution in [0.3, 0.4) is 0 Å². The minimum Gasteiger partial charge on any atom is -0.353 e. The maximum atomic E-state index is 12.7. The summed E-state index contributed by atoms with van der Waals surface area (Å²) in [5, 5.41) is 5.16. The highest BCUT2D eigenvalue weighted by Crippen LogP contribution is 2.31. The highest BCUT2D eigenvalue weighted by Gasteiger charge is 2.35. The van der Waals surface area contributed by atoms with Gasteiger partial charge in [-0.25, -0.2) is 0 Å². The van der Waals surface area contributed by atoms with Crippen LogP contribution in [0.25, 0.3) is 6.08 Å². The van der Waals surface area contributed by atoms with Crippen molar-refractivity contribution < 1.29 is 19.2 Å². The lowest BCUT2D eigenvalue weighted by molar-refractivity contribution is -0.130. The van der Waals surface area contributed by atoms with Crippen LogP contribution < -0.4 is 10.6 Å². The number of carbonyl (C=O) groups is 4. The average molecular weight is 480 g/mol. The van der Waals surface area contributed by atoms with E-state index >= 15 is 0 Å². The maximum absolute atomic E-state index is 12.7. The van der Waals surface area contributed by atoms with Crippen LogP contribution in [0, 0.1) is 12.8 Å². The van der Waals surface area contributed by atoms with E-state index in [0.717, 1.165) is 33.4 Å². The summed E-state index contributed by atoms with van der Waals surface area (Å²) in [5.74, 6) is -1.10. The Morgan fingerprint density at radius 3 is 2.35 bits per heavy atom. The van der Waals surface area contributed by atoms with Gasteiger partial charge in [0, 0.05) is 13.1 Å². The zero-order chi connectivity index (χ0) is 24.7. The van der Waals surface area contributed by atoms with Gasteiger partial charge in [-0.1, -0.05) is 74.0 Å². The molecule has 0 saturated carbocycles. The van der Waals surface area contributed by atoms with Gasteiger partial charge in [-0.2, -0.15) is 0 Å². The fourth-order valence-electron chi connectivity index (χ4n) is 3.45. The second-order valence-corrected chi connectivity index (χ2v) is 9.48. The van der Waals surface area contributed by atoms with Crippen LogP contribution in [-0.4, -0.2) is 47.0 Å². The van der Waals surface area contributed by atoms with Gasteiger partial charge in [0.05, 0.1) is 11.3 Å². The molecule has 1 fully saturated rings. The minimum absolute atomic E-state index is 0.0599. The number of nitrogens with one attached hydrogen (secondary N) is 2. The second kappa shape index (κ2) is 11.7. The van der Waals surface area contributed by atoms with E-state index in [9.17, 15) is 19.2 Å². The number of carbonyl (C=O) groups excluding carboxylic acids is 4. The average Bonchev–Trinajstić information content (AvgIpc) is 3.06. The molecule has 1 aliphatic rings. The first-order chi connectivity index (χ1) is 16.2. The van der Waals surface area contributed by atoms with Crippen molar-refractivity contribution in [3.8, 4) is 0 Å². The third-order valence-corrected chi connectivity index (χ3v) is 6.26. The van der Waals surface area contributed by atoms with Crippen molar-refractivity contribution >= 4 is 40.8 Å². The predicted molar refractivity (Wildman–Crippen MR) is 134 cm³/mol. The highest BCUT2D eigenvalue weighted by molar-refractivity contribution is 8.18. The van der Waals surface area contributed by atoms with Crippen LogP contribution in [-0.2, 0) is 20.8 Å². The molecule has 0 spiro atoms. The molecule has 0 bridgehead atoms. The molecule has 8 heteroatoms. The van der Waals surface area contributed by atoms with Crippen LogP contribution in [0.1, 0.15) is 30.5 Å². The van der Waals surface area contributed by atoms with Crippen LogP contribution in [0.15, 0.2) is 59.5 Å². The summed E-state index contributed by atoms with van der Waals surface area (Å²) < 4.78 is 0. The normalized spacial score (nSPS) is 15.6. The fraction of sp³-hybridized carbons (Fsp3) is 0.308. The molecule has 2 N–H and O–H groups in total. The molecule has 2 aromatic carbocycles. The Kier molecular flexibility index (Phi) is 8.65. The lowest BCUT2D eigenvalue weighted by atomic mass is 10.0. The van der Waals surface area contributed by atoms with E-state index in [2.05, 4.69) is 10.6 Å². The number of imide groups is 1. The number of nitrogens with zero attached hydrogens (tertiary/aromatic N) is 1. The lowest BCUT2D eigenvalue weighted by Gasteiger charge is -2.22. The van der Waals surface area contributed by atoms with E-state index in [1.54, 1.807) is 6.08 Å². The number of hydrogen-bond acceptors (Lipinski definition) is 5. The molecule has 1 atom stereocenters. The van der Waals surface area contributed by atoms with E-state index in [1.165, 1.54) is 0 Å². The zero-order valence-electron chi connectivity index (χ0n) is 19.5. The fourth-order valence-corrected chi connectivity index (χ4v) is 4.31. The summed E-state index contributed by atoms with van der Waals surface area (Å²) in [6.45, 7) is 5.83. The van der Waals surface area contributed by atoms with Crippen molar-refractivity contribution in [2.45, 2.75) is 33.2 Å². The van der Waals surface area contributed by atoms with Gasteiger partial charge < -0.3 is 10.6 Å². The molecule has 2 aromatic rings. The van der Waals surface area contributed by atoms with E-state index < -0.39 is 6.04 Å². The van der Waals surface area contributed by atoms with Crippen molar-refractivity contribution in [2.75, 3.05) is 13.1 Å². The van der Waals surface area contributed by atoms with Gasteiger partial charge in [0.2, 0.25) is 11.8 Å². The standard InChI is InChI=1S/C26H29N3O4S/c1-17(2)23(28-22(30)16-19-7-5-4-6-8-19)24(31)27-13-14-29-25(32)21(34-26(29)33)15-20-11-9-18(3)10-12-20/h4-12,15,17,23H,13-14,16H2,1-3H3,(H,27,31)(H,28,30)/b21-15+/t23-/m0/s1. The Labute approximate surface area is 204 Å². The minimum atomic E-state index is -0.715. The van der Waals surface area contributed by atoms with Crippen LogP contribution in [0.5, 0.6) is 0 Å². The Balaban J connectivity index is 1.52. The van der Waals surface area contributed by atoms with Crippen LogP contribution in [0.4, 0.5) is 4.79 Å². The van der Waals surface area contributed by atoms with E-state index in [1.807, 2.05) is 75.4 Å². The van der Waals surface area contributed by atoms with Gasteiger partial charge in [-0.15, -0.1) is 0 Å². The SMILES string of the molecule is Cc1ccc(/C=C2/SC(=O)N(CCNC(=O)[C@@H](NC(=O)Cc3ccccc3)C(C)C)C2=O)cc1. The third kappa shape index (κ3) is 6.81. The summed E-state index contributed by atoms with van der Waals surface area (Å²) >= 11 is 0.889. The predicted octanol–water partition coefficient (Wildman–Crippen LogP) is 3.53. The zero-order valence-corrected chi connectivity index (χ0v) is 20.4. The Bertz CT molecular complexity index is 1080. The highest BCUT2D eigenvalue weighted by atomic mass is 32.2. The second-order valence-electron chi connectivity index (χ2n) is 8.49.